The number of carbonyl (C=O) groups excluding carboxylic acids is 1. The molecule has 0 saturated carbocycles. The number of sulfonamides is 1. The van der Waals surface area contributed by atoms with Gasteiger partial charge in [0.15, 0.2) is 0 Å². The highest BCUT2D eigenvalue weighted by Crippen LogP contribution is 2.24. The molecule has 0 atom stereocenters. The van der Waals surface area contributed by atoms with Gasteiger partial charge in [0.2, 0.25) is 0 Å². The van der Waals surface area contributed by atoms with Gasteiger partial charge in [0, 0.05) is 11.4 Å². The Kier molecular flexibility index (Phi) is 5.46. The molecule has 3 rings (SSSR count). The Labute approximate surface area is 163 Å². The van der Waals surface area contributed by atoms with Crippen LogP contribution in [0.4, 0.5) is 15.8 Å². The smallest absolute Gasteiger partial charge is 0.262 e. The van der Waals surface area contributed by atoms with E-state index in [1.165, 1.54) is 24.3 Å². The van der Waals surface area contributed by atoms with Gasteiger partial charge in [-0.1, -0.05) is 30.3 Å². The maximum Gasteiger partial charge on any atom is 0.262 e. The van der Waals surface area contributed by atoms with Crippen LogP contribution in [-0.4, -0.2) is 14.3 Å². The molecule has 0 heterocycles. The predicted octanol–water partition coefficient (Wildman–Crippen LogP) is 4.50. The molecule has 0 saturated heterocycles. The van der Waals surface area contributed by atoms with Crippen LogP contribution in [0.3, 0.4) is 0 Å². The fourth-order valence-corrected chi connectivity index (χ4v) is 4.05. The summed E-state index contributed by atoms with van der Waals surface area (Å²) >= 11 is 0. The molecular formula is C21H19FN2O3S. The van der Waals surface area contributed by atoms with Gasteiger partial charge in [-0.15, -0.1) is 0 Å². The first-order valence-electron chi connectivity index (χ1n) is 8.52. The molecule has 0 aromatic heterocycles. The molecule has 0 bridgehead atoms. The standard InChI is InChI=1S/C21H19FN2O3S/c1-14-6-5-7-17(12-14)24-28(26,27)20-13-16(11-10-15(20)2)23-21(25)18-8-3-4-9-19(18)22/h3-13,24H,1-2H3,(H,23,25). The van der Waals surface area contributed by atoms with Crippen LogP contribution in [0, 0.1) is 19.7 Å². The van der Waals surface area contributed by atoms with Crippen LogP contribution >= 0.6 is 0 Å². The monoisotopic (exact) mass is 398 g/mol. The molecule has 7 heteroatoms. The van der Waals surface area contributed by atoms with Crippen molar-refractivity contribution in [2.45, 2.75) is 18.7 Å². The van der Waals surface area contributed by atoms with Crippen molar-refractivity contribution in [3.63, 3.8) is 0 Å². The molecule has 0 aliphatic heterocycles. The van der Waals surface area contributed by atoms with E-state index in [1.54, 1.807) is 43.3 Å². The highest BCUT2D eigenvalue weighted by atomic mass is 32.2. The van der Waals surface area contributed by atoms with Crippen LogP contribution in [0.1, 0.15) is 21.5 Å². The van der Waals surface area contributed by atoms with Crippen molar-refractivity contribution >= 4 is 27.3 Å². The van der Waals surface area contributed by atoms with Crippen molar-refractivity contribution in [1.29, 1.82) is 0 Å². The highest BCUT2D eigenvalue weighted by Gasteiger charge is 2.19. The molecule has 0 spiro atoms. The van der Waals surface area contributed by atoms with Crippen molar-refractivity contribution in [2.24, 2.45) is 0 Å². The summed E-state index contributed by atoms with van der Waals surface area (Å²) in [5, 5.41) is 2.54. The Morgan fingerprint density at radius 1 is 0.893 bits per heavy atom. The molecule has 28 heavy (non-hydrogen) atoms. The fraction of sp³-hybridized carbons (Fsp3) is 0.0952. The largest absolute Gasteiger partial charge is 0.322 e. The predicted molar refractivity (Wildman–Crippen MR) is 108 cm³/mol. The maximum atomic E-state index is 13.8. The number of carbonyl (C=O) groups is 1. The zero-order valence-electron chi connectivity index (χ0n) is 15.4. The molecule has 2 N–H and O–H groups in total. The Morgan fingerprint density at radius 3 is 2.36 bits per heavy atom. The summed E-state index contributed by atoms with van der Waals surface area (Å²) in [6.45, 7) is 3.52. The van der Waals surface area contributed by atoms with E-state index in [-0.39, 0.29) is 16.1 Å². The van der Waals surface area contributed by atoms with Crippen LogP contribution < -0.4 is 10.0 Å². The second-order valence-corrected chi connectivity index (χ2v) is 8.04. The maximum absolute atomic E-state index is 13.8. The summed E-state index contributed by atoms with van der Waals surface area (Å²) in [4.78, 5) is 12.3. The van der Waals surface area contributed by atoms with Gasteiger partial charge in [0.1, 0.15) is 5.82 Å². The van der Waals surface area contributed by atoms with Gasteiger partial charge in [-0.3, -0.25) is 9.52 Å². The van der Waals surface area contributed by atoms with Gasteiger partial charge in [0.25, 0.3) is 15.9 Å². The molecule has 5 nitrogen and oxygen atoms in total. The van der Waals surface area contributed by atoms with Crippen molar-refractivity contribution < 1.29 is 17.6 Å². The summed E-state index contributed by atoms with van der Waals surface area (Å²) in [7, 11) is -3.87. The van der Waals surface area contributed by atoms with E-state index in [2.05, 4.69) is 10.0 Å². The number of aryl methyl sites for hydroxylation is 2. The third kappa shape index (κ3) is 4.37. The Balaban J connectivity index is 1.89. The first-order chi connectivity index (χ1) is 13.3. The minimum atomic E-state index is -3.87. The van der Waals surface area contributed by atoms with E-state index in [0.717, 1.165) is 5.56 Å². The first kappa shape index (κ1) is 19.6. The van der Waals surface area contributed by atoms with Crippen LogP contribution in [-0.2, 0) is 10.0 Å². The van der Waals surface area contributed by atoms with Gasteiger partial charge < -0.3 is 5.32 Å². The number of amides is 1. The number of benzene rings is 3. The lowest BCUT2D eigenvalue weighted by molar-refractivity contribution is 0.102. The van der Waals surface area contributed by atoms with Crippen molar-refractivity contribution in [1.82, 2.24) is 0 Å². The minimum Gasteiger partial charge on any atom is -0.322 e. The number of halogens is 1. The van der Waals surface area contributed by atoms with Gasteiger partial charge >= 0.3 is 0 Å². The Morgan fingerprint density at radius 2 is 1.64 bits per heavy atom. The number of hydrogen-bond donors (Lipinski definition) is 2. The average Bonchev–Trinajstić information content (AvgIpc) is 2.63. The van der Waals surface area contributed by atoms with Gasteiger partial charge in [-0.25, -0.2) is 12.8 Å². The second kappa shape index (κ2) is 7.82. The van der Waals surface area contributed by atoms with Crippen molar-refractivity contribution in [3.05, 3.63) is 89.2 Å². The van der Waals surface area contributed by atoms with Crippen LogP contribution in [0.15, 0.2) is 71.6 Å². The third-order valence-electron chi connectivity index (χ3n) is 4.12. The Bertz CT molecular complexity index is 1140. The van der Waals surface area contributed by atoms with Crippen LogP contribution in [0.2, 0.25) is 0 Å². The third-order valence-corrected chi connectivity index (χ3v) is 5.65. The molecule has 144 valence electrons. The molecule has 0 aliphatic carbocycles. The Hall–Kier alpha value is -3.19. The normalized spacial score (nSPS) is 11.1. The minimum absolute atomic E-state index is 0.0281. The summed E-state index contributed by atoms with van der Waals surface area (Å²) in [6, 6.07) is 17.1. The van der Waals surface area contributed by atoms with Gasteiger partial charge in [-0.05, 0) is 61.4 Å². The second-order valence-electron chi connectivity index (χ2n) is 6.39. The average molecular weight is 398 g/mol. The molecule has 3 aromatic carbocycles. The highest BCUT2D eigenvalue weighted by molar-refractivity contribution is 7.92. The van der Waals surface area contributed by atoms with E-state index in [9.17, 15) is 17.6 Å². The van der Waals surface area contributed by atoms with E-state index in [4.69, 9.17) is 0 Å². The summed E-state index contributed by atoms with van der Waals surface area (Å²) < 4.78 is 41.9. The van der Waals surface area contributed by atoms with E-state index in [0.29, 0.717) is 11.3 Å². The lowest BCUT2D eigenvalue weighted by Crippen LogP contribution is -2.17. The molecular weight excluding hydrogens is 379 g/mol. The van der Waals surface area contributed by atoms with Crippen LogP contribution in [0.5, 0.6) is 0 Å². The molecule has 0 fully saturated rings. The number of hydrogen-bond acceptors (Lipinski definition) is 3. The molecule has 1 amide bonds. The van der Waals surface area contributed by atoms with Gasteiger partial charge in [0.05, 0.1) is 10.5 Å². The SMILES string of the molecule is Cc1cccc(NS(=O)(=O)c2cc(NC(=O)c3ccccc3F)ccc2C)c1. The zero-order valence-corrected chi connectivity index (χ0v) is 16.2. The lowest BCUT2D eigenvalue weighted by Gasteiger charge is -2.13. The van der Waals surface area contributed by atoms with E-state index in [1.807, 2.05) is 13.0 Å². The number of rotatable bonds is 5. The van der Waals surface area contributed by atoms with E-state index >= 15 is 0 Å². The lowest BCUT2D eigenvalue weighted by atomic mass is 10.2. The number of anilines is 2. The quantitative estimate of drug-likeness (QED) is 0.665. The molecule has 3 aromatic rings. The summed E-state index contributed by atoms with van der Waals surface area (Å²) in [5.74, 6) is -1.31. The fourth-order valence-electron chi connectivity index (χ4n) is 2.73. The number of nitrogens with one attached hydrogen (secondary N) is 2. The van der Waals surface area contributed by atoms with Gasteiger partial charge in [-0.2, -0.15) is 0 Å². The van der Waals surface area contributed by atoms with E-state index < -0.39 is 21.7 Å². The summed E-state index contributed by atoms with van der Waals surface area (Å²) in [6.07, 6.45) is 0. The topological polar surface area (TPSA) is 75.3 Å². The first-order valence-corrected chi connectivity index (χ1v) is 10.0. The zero-order chi connectivity index (χ0) is 20.3. The van der Waals surface area contributed by atoms with Crippen LogP contribution in [0.25, 0.3) is 0 Å². The molecule has 0 unspecified atom stereocenters. The van der Waals surface area contributed by atoms with Crippen molar-refractivity contribution in [2.75, 3.05) is 10.0 Å². The molecule has 0 aliphatic rings. The molecule has 0 radical (unpaired) electrons. The van der Waals surface area contributed by atoms with Crippen molar-refractivity contribution in [3.8, 4) is 0 Å². The summed E-state index contributed by atoms with van der Waals surface area (Å²) in [5.41, 5.74) is 2.01.